The van der Waals surface area contributed by atoms with E-state index in [9.17, 15) is 23.2 Å². The van der Waals surface area contributed by atoms with Crippen molar-refractivity contribution in [3.8, 4) is 0 Å². The van der Waals surface area contributed by atoms with E-state index in [0.717, 1.165) is 17.0 Å². The van der Waals surface area contributed by atoms with Crippen LogP contribution in [0.2, 0.25) is 5.02 Å². The molecule has 25 heavy (non-hydrogen) atoms. The monoisotopic (exact) mass is 364 g/mol. The second-order valence-electron chi connectivity index (χ2n) is 5.35. The van der Waals surface area contributed by atoms with Crippen molar-refractivity contribution in [2.45, 2.75) is 6.42 Å². The van der Waals surface area contributed by atoms with E-state index < -0.39 is 35.0 Å². The summed E-state index contributed by atoms with van der Waals surface area (Å²) in [4.78, 5) is 37.2. The number of hydrogen-bond donors (Lipinski definition) is 1. The Balaban J connectivity index is 1.67. The van der Waals surface area contributed by atoms with Crippen LogP contribution in [0.25, 0.3) is 0 Å². The van der Waals surface area contributed by atoms with Gasteiger partial charge in [-0.25, -0.2) is 8.78 Å². The predicted octanol–water partition coefficient (Wildman–Crippen LogP) is 3.24. The maximum Gasteiger partial charge on any atom is 0.261 e. The molecular weight excluding hydrogens is 354 g/mol. The number of nitrogens with zero attached hydrogens (tertiary/aromatic N) is 1. The number of hydrogen-bond acceptors (Lipinski definition) is 3. The molecule has 0 saturated heterocycles. The minimum atomic E-state index is -0.913. The number of carbonyl (C=O) groups is 3. The van der Waals surface area contributed by atoms with E-state index in [2.05, 4.69) is 5.32 Å². The first-order valence-electron chi connectivity index (χ1n) is 7.28. The summed E-state index contributed by atoms with van der Waals surface area (Å²) in [6.45, 7) is -0.216. The second-order valence-corrected chi connectivity index (χ2v) is 5.78. The van der Waals surface area contributed by atoms with Crippen LogP contribution in [0.1, 0.15) is 27.1 Å². The van der Waals surface area contributed by atoms with Gasteiger partial charge in [-0.3, -0.25) is 19.3 Å². The molecule has 1 heterocycles. The van der Waals surface area contributed by atoms with Crippen molar-refractivity contribution in [2.24, 2.45) is 0 Å². The van der Waals surface area contributed by atoms with Crippen LogP contribution in [-0.4, -0.2) is 29.2 Å². The van der Waals surface area contributed by atoms with Gasteiger partial charge in [0.1, 0.15) is 17.3 Å². The molecule has 5 nitrogen and oxygen atoms in total. The lowest BCUT2D eigenvalue weighted by Crippen LogP contribution is -2.33. The van der Waals surface area contributed by atoms with Gasteiger partial charge in [-0.15, -0.1) is 0 Å². The summed E-state index contributed by atoms with van der Waals surface area (Å²) >= 11 is 5.81. The molecule has 0 aromatic heterocycles. The Hall–Kier alpha value is -2.80. The third kappa shape index (κ3) is 3.23. The van der Waals surface area contributed by atoms with Crippen molar-refractivity contribution in [2.75, 3.05) is 11.9 Å². The number of halogens is 3. The summed E-state index contributed by atoms with van der Waals surface area (Å²) in [5.41, 5.74) is -0.199. The van der Waals surface area contributed by atoms with Crippen LogP contribution in [0.5, 0.6) is 0 Å². The molecule has 1 aliphatic heterocycles. The van der Waals surface area contributed by atoms with Crippen LogP contribution >= 0.6 is 11.6 Å². The third-order valence-corrected chi connectivity index (χ3v) is 3.96. The van der Waals surface area contributed by atoms with Crippen LogP contribution in [-0.2, 0) is 4.79 Å². The summed E-state index contributed by atoms with van der Waals surface area (Å²) in [5, 5.41) is 2.42. The average Bonchev–Trinajstić information content (AvgIpc) is 2.80. The number of rotatable bonds is 4. The molecule has 0 bridgehead atoms. The fourth-order valence-electron chi connectivity index (χ4n) is 2.50. The zero-order valence-electron chi connectivity index (χ0n) is 12.7. The molecule has 128 valence electrons. The topological polar surface area (TPSA) is 66.5 Å². The smallest absolute Gasteiger partial charge is 0.261 e. The first kappa shape index (κ1) is 17.0. The zero-order valence-corrected chi connectivity index (χ0v) is 13.4. The Labute approximate surface area is 146 Å². The lowest BCUT2D eigenvalue weighted by molar-refractivity contribution is -0.116. The molecule has 0 aliphatic carbocycles. The molecule has 8 heteroatoms. The molecule has 3 rings (SSSR count). The molecule has 2 aromatic rings. The number of anilines is 1. The minimum absolute atomic E-state index is 0.165. The molecule has 1 N–H and O–H groups in total. The van der Waals surface area contributed by atoms with Gasteiger partial charge in [0.05, 0.1) is 11.1 Å². The summed E-state index contributed by atoms with van der Waals surface area (Å²) in [5.74, 6) is -3.65. The molecule has 0 radical (unpaired) electrons. The van der Waals surface area contributed by atoms with Crippen LogP contribution in [0, 0.1) is 11.6 Å². The fraction of sp³-hybridized carbons (Fsp3) is 0.118. The van der Waals surface area contributed by atoms with Crippen molar-refractivity contribution in [1.29, 1.82) is 0 Å². The maximum absolute atomic E-state index is 13.5. The fourth-order valence-corrected chi connectivity index (χ4v) is 2.67. The molecule has 0 atom stereocenters. The number of para-hydroxylation sites is 1. The van der Waals surface area contributed by atoms with Crippen molar-refractivity contribution < 1.29 is 23.2 Å². The Bertz CT molecular complexity index is 881. The first-order valence-corrected chi connectivity index (χ1v) is 7.66. The Kier molecular flexibility index (Phi) is 4.50. The molecular formula is C17H11ClF2N2O3. The molecule has 0 fully saturated rings. The molecule has 2 aromatic carbocycles. The van der Waals surface area contributed by atoms with Crippen molar-refractivity contribution >= 4 is 35.0 Å². The van der Waals surface area contributed by atoms with Gasteiger partial charge < -0.3 is 5.32 Å². The molecule has 0 saturated carbocycles. The SMILES string of the molecule is O=C(CCN1C(=O)c2ccc(Cl)cc2C1=O)Nc1c(F)cccc1F. The predicted molar refractivity (Wildman–Crippen MR) is 86.4 cm³/mol. The van der Waals surface area contributed by atoms with E-state index in [0.29, 0.717) is 5.02 Å². The number of nitrogens with one attached hydrogen (secondary N) is 1. The number of carbonyl (C=O) groups excluding carboxylic acids is 3. The zero-order chi connectivity index (χ0) is 18.1. The largest absolute Gasteiger partial charge is 0.321 e. The van der Waals surface area contributed by atoms with Crippen LogP contribution in [0.4, 0.5) is 14.5 Å². The van der Waals surface area contributed by atoms with Gasteiger partial charge in [0.2, 0.25) is 5.91 Å². The molecule has 1 aliphatic rings. The highest BCUT2D eigenvalue weighted by atomic mass is 35.5. The highest BCUT2D eigenvalue weighted by Gasteiger charge is 2.35. The lowest BCUT2D eigenvalue weighted by Gasteiger charge is -2.14. The Morgan fingerprint density at radius 2 is 1.68 bits per heavy atom. The normalized spacial score (nSPS) is 13.2. The molecule has 0 unspecified atom stereocenters. The van der Waals surface area contributed by atoms with Crippen LogP contribution in [0.15, 0.2) is 36.4 Å². The van der Waals surface area contributed by atoms with E-state index in [1.165, 1.54) is 24.3 Å². The highest BCUT2D eigenvalue weighted by molar-refractivity contribution is 6.32. The van der Waals surface area contributed by atoms with Crippen molar-refractivity contribution in [3.05, 3.63) is 64.2 Å². The summed E-state index contributed by atoms with van der Waals surface area (Å²) in [7, 11) is 0. The van der Waals surface area contributed by atoms with E-state index in [1.807, 2.05) is 0 Å². The van der Waals surface area contributed by atoms with Gasteiger partial charge in [-0.1, -0.05) is 17.7 Å². The summed E-state index contributed by atoms with van der Waals surface area (Å²) in [6, 6.07) is 7.49. The number of fused-ring (bicyclic) bond motifs is 1. The van der Waals surface area contributed by atoms with E-state index in [1.54, 1.807) is 0 Å². The van der Waals surface area contributed by atoms with Crippen molar-refractivity contribution in [1.82, 2.24) is 4.90 Å². The lowest BCUT2D eigenvalue weighted by atomic mass is 10.1. The van der Waals surface area contributed by atoms with Gasteiger partial charge >= 0.3 is 0 Å². The van der Waals surface area contributed by atoms with E-state index in [4.69, 9.17) is 11.6 Å². The minimum Gasteiger partial charge on any atom is -0.321 e. The highest BCUT2D eigenvalue weighted by Crippen LogP contribution is 2.26. The summed E-state index contributed by atoms with van der Waals surface area (Å²) < 4.78 is 27.0. The molecule has 3 amide bonds. The van der Waals surface area contributed by atoms with Gasteiger partial charge in [0, 0.05) is 18.0 Å². The molecule has 0 spiro atoms. The van der Waals surface area contributed by atoms with E-state index >= 15 is 0 Å². The average molecular weight is 365 g/mol. The van der Waals surface area contributed by atoms with Gasteiger partial charge in [-0.05, 0) is 30.3 Å². The number of imide groups is 1. The van der Waals surface area contributed by atoms with Gasteiger partial charge in [0.15, 0.2) is 0 Å². The number of amides is 3. The van der Waals surface area contributed by atoms with Crippen LogP contribution in [0.3, 0.4) is 0 Å². The van der Waals surface area contributed by atoms with E-state index in [-0.39, 0.29) is 24.1 Å². The second kappa shape index (κ2) is 6.60. The standard InChI is InChI=1S/C17H11ClF2N2O3/c18-9-4-5-10-11(8-9)17(25)22(16(10)24)7-6-14(23)21-15-12(19)2-1-3-13(15)20/h1-5,8H,6-7H2,(H,21,23). The maximum atomic E-state index is 13.5. The quantitative estimate of drug-likeness (QED) is 0.847. The van der Waals surface area contributed by atoms with Crippen LogP contribution < -0.4 is 5.32 Å². The van der Waals surface area contributed by atoms with Crippen molar-refractivity contribution in [3.63, 3.8) is 0 Å². The third-order valence-electron chi connectivity index (χ3n) is 3.72. The number of benzene rings is 2. The van der Waals surface area contributed by atoms with Gasteiger partial charge in [-0.2, -0.15) is 0 Å². The first-order chi connectivity index (χ1) is 11.9. The van der Waals surface area contributed by atoms with Gasteiger partial charge in [0.25, 0.3) is 11.8 Å². The summed E-state index contributed by atoms with van der Waals surface area (Å²) in [6.07, 6.45) is -0.299. The Morgan fingerprint density at radius 3 is 2.36 bits per heavy atom. The Morgan fingerprint density at radius 1 is 1.04 bits per heavy atom.